The van der Waals surface area contributed by atoms with Gasteiger partial charge in [0.1, 0.15) is 11.6 Å². The Balaban J connectivity index is 2.35. The summed E-state index contributed by atoms with van der Waals surface area (Å²) in [5, 5.41) is 0. The van der Waals surface area contributed by atoms with E-state index in [0.717, 1.165) is 5.69 Å². The minimum atomic E-state index is -2.59. The predicted molar refractivity (Wildman–Crippen MR) is 69.8 cm³/mol. The normalized spacial score (nSPS) is 22.7. The molecule has 1 unspecified atom stereocenters. The van der Waals surface area contributed by atoms with Crippen LogP contribution < -0.4 is 5.73 Å². The number of halogens is 3. The van der Waals surface area contributed by atoms with Crippen LogP contribution in [0.3, 0.4) is 0 Å². The molecule has 0 aromatic carbocycles. The van der Waals surface area contributed by atoms with Crippen LogP contribution in [0.1, 0.15) is 56.5 Å². The van der Waals surface area contributed by atoms with Gasteiger partial charge in [-0.15, -0.1) is 0 Å². The lowest BCUT2D eigenvalue weighted by Gasteiger charge is -2.15. The van der Waals surface area contributed by atoms with E-state index in [-0.39, 0.29) is 24.7 Å². The number of nitrogen functional groups attached to an aromatic ring is 1. The molecular formula is C12H16BrF2N3. The molecule has 0 bridgehead atoms. The van der Waals surface area contributed by atoms with Crippen molar-refractivity contribution in [3.63, 3.8) is 0 Å². The van der Waals surface area contributed by atoms with E-state index in [4.69, 9.17) is 5.73 Å². The van der Waals surface area contributed by atoms with Gasteiger partial charge in [0.25, 0.3) is 0 Å². The van der Waals surface area contributed by atoms with Crippen LogP contribution in [0, 0.1) is 0 Å². The highest BCUT2D eigenvalue weighted by Crippen LogP contribution is 2.44. The number of alkyl halides is 2. The first-order valence-corrected chi connectivity index (χ1v) is 6.80. The maximum Gasteiger partial charge on any atom is 0.248 e. The number of rotatable bonds is 2. The molecule has 1 aromatic rings. The second-order valence-electron chi connectivity index (χ2n) is 5.12. The Hall–Kier alpha value is -0.780. The zero-order valence-corrected chi connectivity index (χ0v) is 12.0. The molecule has 0 amide bonds. The molecule has 3 nitrogen and oxygen atoms in total. The summed E-state index contributed by atoms with van der Waals surface area (Å²) in [5.74, 6) is -1.91. The van der Waals surface area contributed by atoms with Crippen molar-refractivity contribution in [3.05, 3.63) is 16.0 Å². The zero-order chi connectivity index (χ0) is 13.5. The first kappa shape index (κ1) is 13.6. The van der Waals surface area contributed by atoms with Gasteiger partial charge in [-0.1, -0.05) is 13.8 Å². The molecule has 0 spiro atoms. The third-order valence-electron chi connectivity index (χ3n) is 3.24. The molecule has 2 rings (SSSR count). The van der Waals surface area contributed by atoms with Crippen LogP contribution in [0.2, 0.25) is 0 Å². The minimum absolute atomic E-state index is 0.0893. The van der Waals surface area contributed by atoms with E-state index in [1.54, 1.807) is 0 Å². The van der Waals surface area contributed by atoms with Gasteiger partial charge in [-0.05, 0) is 28.3 Å². The molecule has 1 atom stereocenters. The molecule has 1 heterocycles. The SMILES string of the molecule is CC(C)c1nc(C2CCC(F)(F)C2)nc(N)c1Br. The average molecular weight is 320 g/mol. The van der Waals surface area contributed by atoms with E-state index >= 15 is 0 Å². The molecule has 100 valence electrons. The number of anilines is 1. The smallest absolute Gasteiger partial charge is 0.248 e. The molecule has 1 aromatic heterocycles. The second-order valence-corrected chi connectivity index (χ2v) is 5.91. The third-order valence-corrected chi connectivity index (χ3v) is 4.05. The van der Waals surface area contributed by atoms with Crippen molar-refractivity contribution in [2.24, 2.45) is 0 Å². The van der Waals surface area contributed by atoms with E-state index in [2.05, 4.69) is 25.9 Å². The first-order chi connectivity index (χ1) is 8.30. The van der Waals surface area contributed by atoms with Crippen LogP contribution >= 0.6 is 15.9 Å². The van der Waals surface area contributed by atoms with E-state index < -0.39 is 5.92 Å². The molecule has 1 fully saturated rings. The highest BCUT2D eigenvalue weighted by atomic mass is 79.9. The molecule has 1 saturated carbocycles. The molecule has 2 N–H and O–H groups in total. The van der Waals surface area contributed by atoms with Gasteiger partial charge in [-0.25, -0.2) is 18.7 Å². The Morgan fingerprint density at radius 1 is 1.39 bits per heavy atom. The maximum atomic E-state index is 13.2. The van der Waals surface area contributed by atoms with E-state index in [1.165, 1.54) is 0 Å². The molecule has 6 heteroatoms. The summed E-state index contributed by atoms with van der Waals surface area (Å²) >= 11 is 3.35. The molecular weight excluding hydrogens is 304 g/mol. The fourth-order valence-electron chi connectivity index (χ4n) is 2.24. The van der Waals surface area contributed by atoms with Crippen LogP contribution in [-0.2, 0) is 0 Å². The first-order valence-electron chi connectivity index (χ1n) is 6.01. The maximum absolute atomic E-state index is 13.2. The van der Waals surface area contributed by atoms with Crippen molar-refractivity contribution in [2.75, 3.05) is 5.73 Å². The van der Waals surface area contributed by atoms with Gasteiger partial charge >= 0.3 is 0 Å². The Kier molecular flexibility index (Phi) is 3.58. The van der Waals surface area contributed by atoms with E-state index in [1.807, 2.05) is 13.8 Å². The number of hydrogen-bond donors (Lipinski definition) is 1. The Labute approximate surface area is 113 Å². The topological polar surface area (TPSA) is 51.8 Å². The minimum Gasteiger partial charge on any atom is -0.383 e. The van der Waals surface area contributed by atoms with Crippen molar-refractivity contribution in [2.45, 2.75) is 50.9 Å². The Bertz CT molecular complexity index is 463. The van der Waals surface area contributed by atoms with Crippen molar-refractivity contribution in [1.82, 2.24) is 9.97 Å². The fraction of sp³-hybridized carbons (Fsp3) is 0.667. The molecule has 0 radical (unpaired) electrons. The predicted octanol–water partition coefficient (Wildman–Crippen LogP) is 3.85. The summed E-state index contributed by atoms with van der Waals surface area (Å²) in [4.78, 5) is 8.56. The summed E-state index contributed by atoms with van der Waals surface area (Å²) in [6.07, 6.45) is 0.158. The summed E-state index contributed by atoms with van der Waals surface area (Å²) in [5.41, 5.74) is 6.59. The number of nitrogens with zero attached hydrogens (tertiary/aromatic N) is 2. The number of aromatic nitrogens is 2. The third kappa shape index (κ3) is 2.63. The van der Waals surface area contributed by atoms with Crippen molar-refractivity contribution in [3.8, 4) is 0 Å². The van der Waals surface area contributed by atoms with Gasteiger partial charge in [-0.3, -0.25) is 0 Å². The van der Waals surface area contributed by atoms with Crippen molar-refractivity contribution in [1.29, 1.82) is 0 Å². The van der Waals surface area contributed by atoms with Crippen molar-refractivity contribution < 1.29 is 8.78 Å². The molecule has 0 saturated heterocycles. The summed E-state index contributed by atoms with van der Waals surface area (Å²) in [6, 6.07) is 0. The van der Waals surface area contributed by atoms with Crippen molar-refractivity contribution >= 4 is 21.7 Å². The summed E-state index contributed by atoms with van der Waals surface area (Å²) in [6.45, 7) is 3.97. The zero-order valence-electron chi connectivity index (χ0n) is 10.4. The lowest BCUT2D eigenvalue weighted by atomic mass is 10.1. The van der Waals surface area contributed by atoms with Crippen LogP contribution in [0.4, 0.5) is 14.6 Å². The van der Waals surface area contributed by atoms with Crippen LogP contribution in [-0.4, -0.2) is 15.9 Å². The van der Waals surface area contributed by atoms with Crippen LogP contribution in [0.5, 0.6) is 0 Å². The second kappa shape index (κ2) is 4.72. The fourth-order valence-corrected chi connectivity index (χ4v) is 2.87. The Morgan fingerprint density at radius 3 is 2.56 bits per heavy atom. The lowest BCUT2D eigenvalue weighted by Crippen LogP contribution is -2.12. The van der Waals surface area contributed by atoms with Gasteiger partial charge in [0, 0.05) is 18.8 Å². The largest absolute Gasteiger partial charge is 0.383 e. The quantitative estimate of drug-likeness (QED) is 0.900. The summed E-state index contributed by atoms with van der Waals surface area (Å²) in [7, 11) is 0. The molecule has 18 heavy (non-hydrogen) atoms. The number of nitrogens with two attached hydrogens (primary N) is 1. The number of hydrogen-bond acceptors (Lipinski definition) is 3. The van der Waals surface area contributed by atoms with E-state index in [0.29, 0.717) is 22.5 Å². The summed E-state index contributed by atoms with van der Waals surface area (Å²) < 4.78 is 27.1. The standard InChI is InChI=1S/C12H16BrF2N3/c1-6(2)9-8(13)10(16)18-11(17-9)7-3-4-12(14,15)5-7/h6-7H,3-5H2,1-2H3,(H2,16,17,18). The lowest BCUT2D eigenvalue weighted by molar-refractivity contribution is 0.00753. The van der Waals surface area contributed by atoms with Gasteiger partial charge in [0.2, 0.25) is 5.92 Å². The Morgan fingerprint density at radius 2 is 2.06 bits per heavy atom. The monoisotopic (exact) mass is 319 g/mol. The van der Waals surface area contributed by atoms with Gasteiger partial charge in [0.15, 0.2) is 0 Å². The van der Waals surface area contributed by atoms with E-state index in [9.17, 15) is 8.78 Å². The van der Waals surface area contributed by atoms with Gasteiger partial charge < -0.3 is 5.73 Å². The highest BCUT2D eigenvalue weighted by molar-refractivity contribution is 9.10. The highest BCUT2D eigenvalue weighted by Gasteiger charge is 2.41. The molecule has 1 aliphatic carbocycles. The van der Waals surface area contributed by atoms with Crippen LogP contribution in [0.25, 0.3) is 0 Å². The average Bonchev–Trinajstić information content (AvgIpc) is 2.62. The van der Waals surface area contributed by atoms with Crippen LogP contribution in [0.15, 0.2) is 4.47 Å². The molecule has 1 aliphatic rings. The van der Waals surface area contributed by atoms with Gasteiger partial charge in [0.05, 0.1) is 10.2 Å². The van der Waals surface area contributed by atoms with Gasteiger partial charge in [-0.2, -0.15) is 0 Å². The molecule has 0 aliphatic heterocycles.